The lowest BCUT2D eigenvalue weighted by atomic mass is 10.2. The molecule has 1 heterocycles. The molecule has 0 aliphatic carbocycles. The summed E-state index contributed by atoms with van der Waals surface area (Å²) in [5, 5.41) is 4.55. The first-order valence-corrected chi connectivity index (χ1v) is 11.0. The van der Waals surface area contributed by atoms with Gasteiger partial charge in [-0.1, -0.05) is 32.4 Å². The molecule has 1 aromatic rings. The summed E-state index contributed by atoms with van der Waals surface area (Å²) in [7, 11) is -3.84. The second-order valence-corrected chi connectivity index (χ2v) is 9.10. The summed E-state index contributed by atoms with van der Waals surface area (Å²) in [6.45, 7) is 4.30. The predicted octanol–water partition coefficient (Wildman–Crippen LogP) is 1.50. The maximum atomic E-state index is 12.9. The first-order valence-electron chi connectivity index (χ1n) is 9.56. The van der Waals surface area contributed by atoms with E-state index in [0.29, 0.717) is 19.6 Å². The highest BCUT2D eigenvalue weighted by Crippen LogP contribution is 2.24. The number of hydrogen-bond donors (Lipinski definition) is 2. The number of urea groups is 1. The summed E-state index contributed by atoms with van der Waals surface area (Å²) >= 11 is 0. The number of ether oxygens (including phenoxy) is 1. The zero-order valence-corrected chi connectivity index (χ0v) is 17.5. The second kappa shape index (κ2) is 10.4. The summed E-state index contributed by atoms with van der Waals surface area (Å²) < 4.78 is 32.1. The molecule has 1 aliphatic rings. The van der Waals surface area contributed by atoms with E-state index >= 15 is 0 Å². The zero-order valence-electron chi connectivity index (χ0n) is 16.6. The van der Waals surface area contributed by atoms with Gasteiger partial charge >= 0.3 is 12.0 Å². The molecule has 160 valence electrons. The van der Waals surface area contributed by atoms with Crippen LogP contribution in [0.25, 0.3) is 0 Å². The number of nitrogens with zero attached hydrogens (tertiary/aromatic N) is 1. The van der Waals surface area contributed by atoms with Crippen LogP contribution in [0.15, 0.2) is 29.2 Å². The van der Waals surface area contributed by atoms with E-state index in [4.69, 9.17) is 4.74 Å². The van der Waals surface area contributed by atoms with Crippen LogP contribution in [0, 0.1) is 5.92 Å². The van der Waals surface area contributed by atoms with Crippen molar-refractivity contribution in [2.75, 3.05) is 26.2 Å². The van der Waals surface area contributed by atoms with E-state index in [0.717, 1.165) is 19.3 Å². The van der Waals surface area contributed by atoms with Crippen molar-refractivity contribution in [2.45, 2.75) is 38.0 Å². The van der Waals surface area contributed by atoms with Crippen molar-refractivity contribution in [2.24, 2.45) is 5.92 Å². The van der Waals surface area contributed by atoms with E-state index < -0.39 is 34.5 Å². The normalized spacial score (nSPS) is 15.0. The number of carbonyl (C=O) groups excluding carboxylic acids is 3. The van der Waals surface area contributed by atoms with Crippen LogP contribution in [-0.4, -0.2) is 56.9 Å². The topological polar surface area (TPSA) is 122 Å². The Morgan fingerprint density at radius 2 is 1.76 bits per heavy atom. The Morgan fingerprint density at radius 1 is 1.10 bits per heavy atom. The molecule has 1 aromatic carbocycles. The van der Waals surface area contributed by atoms with E-state index in [-0.39, 0.29) is 16.4 Å². The number of piperidine rings is 1. The largest absolute Gasteiger partial charge is 0.452 e. The lowest BCUT2D eigenvalue weighted by molar-refractivity contribution is -0.123. The Balaban J connectivity index is 2.01. The van der Waals surface area contributed by atoms with Crippen LogP contribution < -0.4 is 10.6 Å². The molecule has 0 spiro atoms. The van der Waals surface area contributed by atoms with Gasteiger partial charge in [-0.05, 0) is 30.9 Å². The third-order valence-electron chi connectivity index (χ3n) is 4.30. The number of amides is 3. The second-order valence-electron chi connectivity index (χ2n) is 7.19. The Labute approximate surface area is 170 Å². The van der Waals surface area contributed by atoms with Gasteiger partial charge in [0.1, 0.15) is 0 Å². The van der Waals surface area contributed by atoms with E-state index in [1.54, 1.807) is 0 Å². The summed E-state index contributed by atoms with van der Waals surface area (Å²) in [6, 6.07) is 5.05. The predicted molar refractivity (Wildman–Crippen MR) is 106 cm³/mol. The molecule has 0 radical (unpaired) electrons. The molecule has 0 unspecified atom stereocenters. The van der Waals surface area contributed by atoms with Crippen LogP contribution in [0.2, 0.25) is 0 Å². The van der Waals surface area contributed by atoms with Gasteiger partial charge in [0.05, 0.1) is 10.5 Å². The fourth-order valence-electron chi connectivity index (χ4n) is 2.82. The summed E-state index contributed by atoms with van der Waals surface area (Å²) in [5.41, 5.74) is -0.143. The van der Waals surface area contributed by atoms with Crippen molar-refractivity contribution >= 4 is 27.9 Å². The van der Waals surface area contributed by atoms with Crippen molar-refractivity contribution in [3.05, 3.63) is 29.8 Å². The Hall–Kier alpha value is -2.46. The van der Waals surface area contributed by atoms with Crippen molar-refractivity contribution in [1.29, 1.82) is 0 Å². The third kappa shape index (κ3) is 6.53. The Morgan fingerprint density at radius 3 is 2.41 bits per heavy atom. The minimum absolute atomic E-state index is 0.143. The van der Waals surface area contributed by atoms with Crippen molar-refractivity contribution in [3.63, 3.8) is 0 Å². The number of nitrogens with one attached hydrogen (secondary N) is 2. The first-order chi connectivity index (χ1) is 13.7. The van der Waals surface area contributed by atoms with E-state index in [9.17, 15) is 22.8 Å². The quantitative estimate of drug-likeness (QED) is 0.639. The minimum Gasteiger partial charge on any atom is -0.452 e. The molecule has 10 heteroatoms. The first kappa shape index (κ1) is 22.8. The maximum Gasteiger partial charge on any atom is 0.340 e. The van der Waals surface area contributed by atoms with Crippen LogP contribution in [0.4, 0.5) is 4.79 Å². The fourth-order valence-corrected chi connectivity index (χ4v) is 4.51. The third-order valence-corrected chi connectivity index (χ3v) is 6.25. The Kier molecular flexibility index (Phi) is 8.15. The SMILES string of the molecule is CC(C)CNC(=O)NC(=O)COC(=O)c1ccccc1S(=O)(=O)N1CCCCC1. The smallest absolute Gasteiger partial charge is 0.340 e. The van der Waals surface area contributed by atoms with E-state index in [2.05, 4.69) is 5.32 Å². The van der Waals surface area contributed by atoms with Gasteiger partial charge < -0.3 is 10.1 Å². The molecule has 0 atom stereocenters. The van der Waals surface area contributed by atoms with Crippen LogP contribution in [0.3, 0.4) is 0 Å². The van der Waals surface area contributed by atoms with Gasteiger partial charge in [-0.25, -0.2) is 18.0 Å². The lowest BCUT2D eigenvalue weighted by Crippen LogP contribution is -2.42. The van der Waals surface area contributed by atoms with Gasteiger partial charge in [0.15, 0.2) is 6.61 Å². The fraction of sp³-hybridized carbons (Fsp3) is 0.526. The van der Waals surface area contributed by atoms with Gasteiger partial charge in [-0.15, -0.1) is 0 Å². The van der Waals surface area contributed by atoms with Crippen molar-refractivity contribution < 1.29 is 27.5 Å². The summed E-state index contributed by atoms with van der Waals surface area (Å²) in [6.07, 6.45) is 2.51. The van der Waals surface area contributed by atoms with E-state index in [1.807, 2.05) is 19.2 Å². The molecule has 0 bridgehead atoms. The van der Waals surface area contributed by atoms with Crippen molar-refractivity contribution in [1.82, 2.24) is 14.9 Å². The average Bonchev–Trinajstić information content (AvgIpc) is 2.71. The number of imide groups is 1. The lowest BCUT2D eigenvalue weighted by Gasteiger charge is -2.26. The highest BCUT2D eigenvalue weighted by Gasteiger charge is 2.30. The van der Waals surface area contributed by atoms with Crippen LogP contribution >= 0.6 is 0 Å². The van der Waals surface area contributed by atoms with Gasteiger partial charge in [0, 0.05) is 19.6 Å². The number of benzene rings is 1. The number of carbonyl (C=O) groups is 3. The molecule has 0 saturated carbocycles. The molecule has 3 amide bonds. The summed E-state index contributed by atoms with van der Waals surface area (Å²) in [4.78, 5) is 35.6. The average molecular weight is 426 g/mol. The molecule has 1 fully saturated rings. The maximum absolute atomic E-state index is 12.9. The Bertz CT molecular complexity index is 847. The van der Waals surface area contributed by atoms with Gasteiger partial charge in [0.25, 0.3) is 5.91 Å². The highest BCUT2D eigenvalue weighted by molar-refractivity contribution is 7.89. The molecule has 9 nitrogen and oxygen atoms in total. The summed E-state index contributed by atoms with van der Waals surface area (Å²) in [5.74, 6) is -1.54. The molecule has 1 aliphatic heterocycles. The van der Waals surface area contributed by atoms with Crippen LogP contribution in [-0.2, 0) is 19.6 Å². The minimum atomic E-state index is -3.84. The van der Waals surface area contributed by atoms with Gasteiger partial charge in [0.2, 0.25) is 10.0 Å². The highest BCUT2D eigenvalue weighted by atomic mass is 32.2. The molecule has 1 saturated heterocycles. The molecular weight excluding hydrogens is 398 g/mol. The molecule has 29 heavy (non-hydrogen) atoms. The van der Waals surface area contributed by atoms with Gasteiger partial charge in [-0.3, -0.25) is 10.1 Å². The standard InChI is InChI=1S/C19H27N3O6S/c1-14(2)12-20-19(25)21-17(23)13-28-18(24)15-8-4-5-9-16(15)29(26,27)22-10-6-3-7-11-22/h4-5,8-9,14H,3,6-7,10-13H2,1-2H3,(H2,20,21,23,25). The number of esters is 1. The van der Waals surface area contributed by atoms with Crippen molar-refractivity contribution in [3.8, 4) is 0 Å². The van der Waals surface area contributed by atoms with Crippen LogP contribution in [0.1, 0.15) is 43.5 Å². The zero-order chi connectivity index (χ0) is 21.4. The van der Waals surface area contributed by atoms with Crippen LogP contribution in [0.5, 0.6) is 0 Å². The monoisotopic (exact) mass is 425 g/mol. The number of rotatable bonds is 7. The number of sulfonamides is 1. The molecular formula is C19H27N3O6S. The molecule has 0 aromatic heterocycles. The molecule has 2 N–H and O–H groups in total. The molecule has 2 rings (SSSR count). The van der Waals surface area contributed by atoms with Gasteiger partial charge in [-0.2, -0.15) is 4.31 Å². The van der Waals surface area contributed by atoms with E-state index in [1.165, 1.54) is 28.6 Å². The number of hydrogen-bond acceptors (Lipinski definition) is 6.